The van der Waals surface area contributed by atoms with E-state index in [2.05, 4.69) is 45.4 Å². The van der Waals surface area contributed by atoms with Gasteiger partial charge >= 0.3 is 0 Å². The zero-order valence-corrected chi connectivity index (χ0v) is 19.3. The van der Waals surface area contributed by atoms with Gasteiger partial charge in [0.15, 0.2) is 0 Å². The number of rotatable bonds is 7. The third-order valence-electron chi connectivity index (χ3n) is 5.80. The van der Waals surface area contributed by atoms with Crippen molar-refractivity contribution in [2.75, 3.05) is 38.2 Å². The highest BCUT2D eigenvalue weighted by Gasteiger charge is 2.16. The molecule has 1 saturated heterocycles. The summed E-state index contributed by atoms with van der Waals surface area (Å²) in [5.74, 6) is 0.735. The smallest absolute Gasteiger partial charge is 0.145 e. The second-order valence-corrected chi connectivity index (χ2v) is 8.64. The fraction of sp³-hybridized carbons (Fsp3) is 0.375. The van der Waals surface area contributed by atoms with E-state index < -0.39 is 0 Å². The first kappa shape index (κ1) is 22.0. The van der Waals surface area contributed by atoms with Crippen LogP contribution in [0.4, 0.5) is 5.69 Å². The molecule has 0 amide bonds. The number of morpholine rings is 1. The van der Waals surface area contributed by atoms with Gasteiger partial charge in [0.2, 0.25) is 0 Å². The molecule has 0 atom stereocenters. The number of aromatic nitrogens is 6. The van der Waals surface area contributed by atoms with Crippen LogP contribution in [0, 0.1) is 11.3 Å². The molecule has 0 saturated carbocycles. The minimum atomic E-state index is 0.225. The summed E-state index contributed by atoms with van der Waals surface area (Å²) >= 11 is 0. The van der Waals surface area contributed by atoms with Gasteiger partial charge < -0.3 is 10.1 Å². The van der Waals surface area contributed by atoms with Crippen LogP contribution in [0.5, 0.6) is 0 Å². The van der Waals surface area contributed by atoms with E-state index in [0.29, 0.717) is 5.56 Å². The van der Waals surface area contributed by atoms with Crippen molar-refractivity contribution in [3.8, 4) is 23.1 Å². The maximum atomic E-state index is 9.14. The Kier molecular flexibility index (Phi) is 6.20. The van der Waals surface area contributed by atoms with Gasteiger partial charge in [-0.3, -0.25) is 14.1 Å². The summed E-state index contributed by atoms with van der Waals surface area (Å²) in [7, 11) is 0. The highest BCUT2D eigenvalue weighted by Crippen LogP contribution is 2.29. The van der Waals surface area contributed by atoms with E-state index in [0.717, 1.165) is 73.2 Å². The van der Waals surface area contributed by atoms with Crippen LogP contribution in [-0.2, 0) is 11.3 Å². The number of nitrogens with one attached hydrogen (secondary N) is 1. The Morgan fingerprint density at radius 1 is 1.15 bits per heavy atom. The fourth-order valence-electron chi connectivity index (χ4n) is 4.08. The predicted octanol–water partition coefficient (Wildman–Crippen LogP) is 2.70. The van der Waals surface area contributed by atoms with Crippen LogP contribution in [0.1, 0.15) is 19.4 Å². The van der Waals surface area contributed by atoms with Gasteiger partial charge in [-0.15, -0.1) is 5.10 Å². The summed E-state index contributed by atoms with van der Waals surface area (Å²) in [5, 5.41) is 22.3. The van der Waals surface area contributed by atoms with Crippen molar-refractivity contribution in [1.82, 2.24) is 34.4 Å². The number of hydrogen-bond acceptors (Lipinski definition) is 8. The van der Waals surface area contributed by atoms with Crippen molar-refractivity contribution in [1.29, 1.82) is 5.26 Å². The molecule has 174 valence electrons. The highest BCUT2D eigenvalue weighted by atomic mass is 16.5. The van der Waals surface area contributed by atoms with E-state index >= 15 is 0 Å². The van der Waals surface area contributed by atoms with Crippen LogP contribution in [0.15, 0.2) is 43.0 Å². The molecule has 0 aromatic carbocycles. The van der Waals surface area contributed by atoms with Gasteiger partial charge in [0.1, 0.15) is 23.2 Å². The van der Waals surface area contributed by atoms with Gasteiger partial charge in [-0.05, 0) is 26.0 Å². The molecule has 1 aliphatic rings. The minimum Gasteiger partial charge on any atom is -0.382 e. The Morgan fingerprint density at radius 3 is 2.79 bits per heavy atom. The van der Waals surface area contributed by atoms with Gasteiger partial charge in [-0.25, -0.2) is 9.97 Å². The third-order valence-corrected chi connectivity index (χ3v) is 5.80. The molecule has 34 heavy (non-hydrogen) atoms. The van der Waals surface area contributed by atoms with E-state index in [9.17, 15) is 0 Å². The standard InChI is InChI=1S/C24H27N9O/c1-17(2)28-21-12-23(33-4-3-19-11-18(13-25)14-27-24(19)33)26-15-20(21)22-16-32(30-29-22)6-5-31-7-9-34-10-8-31/h3-4,11-12,14-17H,5-10H2,1-2H3,(H,26,28). The summed E-state index contributed by atoms with van der Waals surface area (Å²) in [5.41, 5.74) is 3.89. The maximum absolute atomic E-state index is 9.14. The van der Waals surface area contributed by atoms with Crippen LogP contribution in [0.25, 0.3) is 28.1 Å². The lowest BCUT2D eigenvalue weighted by Gasteiger charge is -2.26. The largest absolute Gasteiger partial charge is 0.382 e. The molecular weight excluding hydrogens is 430 g/mol. The van der Waals surface area contributed by atoms with Crippen molar-refractivity contribution >= 4 is 16.7 Å². The van der Waals surface area contributed by atoms with E-state index in [4.69, 9.17) is 15.0 Å². The molecule has 0 spiro atoms. The molecule has 10 nitrogen and oxygen atoms in total. The summed E-state index contributed by atoms with van der Waals surface area (Å²) in [6.07, 6.45) is 7.29. The average molecular weight is 458 g/mol. The SMILES string of the molecule is CC(C)Nc1cc(-n2ccc3cc(C#N)cnc32)ncc1-c1cn(CCN2CCOCC2)nn1. The van der Waals surface area contributed by atoms with Gasteiger partial charge in [-0.2, -0.15) is 5.26 Å². The molecule has 1 aliphatic heterocycles. The zero-order valence-electron chi connectivity index (χ0n) is 19.3. The number of nitriles is 1. The van der Waals surface area contributed by atoms with Crippen LogP contribution < -0.4 is 5.32 Å². The number of fused-ring (bicyclic) bond motifs is 1. The number of anilines is 1. The van der Waals surface area contributed by atoms with Crippen LogP contribution in [0.2, 0.25) is 0 Å². The first-order chi connectivity index (χ1) is 16.6. The van der Waals surface area contributed by atoms with Crippen LogP contribution in [0.3, 0.4) is 0 Å². The number of pyridine rings is 2. The number of ether oxygens (including phenoxy) is 1. The molecule has 1 N–H and O–H groups in total. The van der Waals surface area contributed by atoms with Crippen LogP contribution >= 0.6 is 0 Å². The van der Waals surface area contributed by atoms with Crippen molar-refractivity contribution in [2.24, 2.45) is 0 Å². The molecule has 4 aromatic rings. The van der Waals surface area contributed by atoms with E-state index in [1.54, 1.807) is 6.20 Å². The number of hydrogen-bond donors (Lipinski definition) is 1. The first-order valence-corrected chi connectivity index (χ1v) is 11.5. The molecule has 0 unspecified atom stereocenters. The van der Waals surface area contributed by atoms with Gasteiger partial charge in [0, 0.05) is 67.0 Å². The normalized spacial score (nSPS) is 14.5. The monoisotopic (exact) mass is 457 g/mol. The quantitative estimate of drug-likeness (QED) is 0.451. The molecule has 1 fully saturated rings. The van der Waals surface area contributed by atoms with Gasteiger partial charge in [0.25, 0.3) is 0 Å². The molecule has 0 radical (unpaired) electrons. The third kappa shape index (κ3) is 4.62. The Bertz CT molecular complexity index is 1330. The van der Waals surface area contributed by atoms with Crippen LogP contribution in [-0.4, -0.2) is 73.3 Å². The predicted molar refractivity (Wildman–Crippen MR) is 129 cm³/mol. The van der Waals surface area contributed by atoms with Crippen molar-refractivity contribution in [3.05, 3.63) is 48.5 Å². The van der Waals surface area contributed by atoms with E-state index in [1.165, 1.54) is 0 Å². The lowest BCUT2D eigenvalue weighted by molar-refractivity contribution is 0.0359. The first-order valence-electron chi connectivity index (χ1n) is 11.5. The molecule has 4 aromatic heterocycles. The van der Waals surface area contributed by atoms with E-state index in [-0.39, 0.29) is 6.04 Å². The summed E-state index contributed by atoms with van der Waals surface area (Å²) < 4.78 is 9.22. The molecule has 0 aliphatic carbocycles. The molecule has 10 heteroatoms. The Morgan fingerprint density at radius 2 is 2.00 bits per heavy atom. The van der Waals surface area contributed by atoms with Gasteiger partial charge in [-0.1, -0.05) is 5.21 Å². The molecular formula is C24H27N9O. The lowest BCUT2D eigenvalue weighted by Crippen LogP contribution is -2.38. The zero-order chi connectivity index (χ0) is 23.5. The second-order valence-electron chi connectivity index (χ2n) is 8.64. The number of nitrogens with zero attached hydrogens (tertiary/aromatic N) is 8. The Labute approximate surface area is 197 Å². The maximum Gasteiger partial charge on any atom is 0.145 e. The fourth-order valence-corrected chi connectivity index (χ4v) is 4.08. The highest BCUT2D eigenvalue weighted by molar-refractivity contribution is 5.80. The second kappa shape index (κ2) is 9.59. The Hall–Kier alpha value is -3.81. The Balaban J connectivity index is 1.42. The van der Waals surface area contributed by atoms with Crippen molar-refractivity contribution in [3.63, 3.8) is 0 Å². The molecule has 5 rings (SSSR count). The molecule has 5 heterocycles. The minimum absolute atomic E-state index is 0.225. The van der Waals surface area contributed by atoms with Gasteiger partial charge in [0.05, 0.1) is 31.5 Å². The summed E-state index contributed by atoms with van der Waals surface area (Å²) in [6, 6.07) is 8.13. The summed E-state index contributed by atoms with van der Waals surface area (Å²) in [6.45, 7) is 9.37. The van der Waals surface area contributed by atoms with Crippen molar-refractivity contribution < 1.29 is 4.74 Å². The molecule has 0 bridgehead atoms. The van der Waals surface area contributed by atoms with Crippen molar-refractivity contribution in [2.45, 2.75) is 26.4 Å². The van der Waals surface area contributed by atoms with E-state index in [1.807, 2.05) is 46.0 Å². The summed E-state index contributed by atoms with van der Waals surface area (Å²) in [4.78, 5) is 11.5. The lowest BCUT2D eigenvalue weighted by atomic mass is 10.1. The topological polar surface area (TPSA) is 110 Å². The average Bonchev–Trinajstić information content (AvgIpc) is 3.50.